The van der Waals surface area contributed by atoms with E-state index in [1.54, 1.807) is 13.2 Å². The number of aromatic nitrogens is 3. The predicted octanol–water partition coefficient (Wildman–Crippen LogP) is 2.91. The van der Waals surface area contributed by atoms with Gasteiger partial charge in [0.2, 0.25) is 5.91 Å². The third-order valence-corrected chi connectivity index (χ3v) is 5.01. The number of aryl methyl sites for hydroxylation is 1. The number of anilines is 1. The molecule has 0 saturated heterocycles. The van der Waals surface area contributed by atoms with Gasteiger partial charge in [0.1, 0.15) is 5.39 Å². The van der Waals surface area contributed by atoms with Crippen molar-refractivity contribution in [1.29, 1.82) is 0 Å². The monoisotopic (exact) mass is 374 g/mol. The number of hydrogen-bond donors (Lipinski definition) is 1. The van der Waals surface area contributed by atoms with Crippen molar-refractivity contribution in [3.05, 3.63) is 32.6 Å². The fraction of sp³-hybridized carbons (Fsp3) is 0.600. The molecule has 148 valence electrons. The van der Waals surface area contributed by atoms with Crippen LogP contribution in [0.25, 0.3) is 11.0 Å². The summed E-state index contributed by atoms with van der Waals surface area (Å²) in [4.78, 5) is 42.4. The molecule has 1 amide bonds. The van der Waals surface area contributed by atoms with Crippen molar-refractivity contribution in [3.8, 4) is 0 Å². The van der Waals surface area contributed by atoms with Crippen LogP contribution in [0.2, 0.25) is 0 Å². The molecule has 0 unspecified atom stereocenters. The van der Waals surface area contributed by atoms with Crippen LogP contribution in [0.5, 0.6) is 0 Å². The Bertz CT molecular complexity index is 950. The molecule has 0 aliphatic carbocycles. The smallest absolute Gasteiger partial charge is 0.325 e. The molecule has 0 fully saturated rings. The number of amides is 1. The second-order valence-electron chi connectivity index (χ2n) is 7.41. The first kappa shape index (κ1) is 20.9. The Kier molecular flexibility index (Phi) is 6.57. The van der Waals surface area contributed by atoms with Gasteiger partial charge in [-0.05, 0) is 24.3 Å². The third kappa shape index (κ3) is 3.96. The first-order chi connectivity index (χ1) is 12.7. The van der Waals surface area contributed by atoms with E-state index in [9.17, 15) is 14.4 Å². The van der Waals surface area contributed by atoms with Crippen LogP contribution in [0.15, 0.2) is 15.8 Å². The Labute approximate surface area is 159 Å². The highest BCUT2D eigenvalue weighted by molar-refractivity contribution is 6.02. The molecule has 2 aromatic heterocycles. The number of hydrogen-bond acceptors (Lipinski definition) is 4. The van der Waals surface area contributed by atoms with Crippen molar-refractivity contribution in [2.75, 3.05) is 5.32 Å². The second-order valence-corrected chi connectivity index (χ2v) is 7.41. The first-order valence-corrected chi connectivity index (χ1v) is 9.63. The zero-order chi connectivity index (χ0) is 20.3. The van der Waals surface area contributed by atoms with E-state index in [4.69, 9.17) is 0 Å². The van der Waals surface area contributed by atoms with E-state index >= 15 is 0 Å². The molecular weight excluding hydrogens is 344 g/mol. The van der Waals surface area contributed by atoms with Gasteiger partial charge in [0.15, 0.2) is 5.65 Å². The minimum Gasteiger partial charge on any atom is -0.325 e. The molecule has 2 heterocycles. The van der Waals surface area contributed by atoms with Gasteiger partial charge in [0.05, 0.1) is 5.69 Å². The topological polar surface area (TPSA) is 86.0 Å². The summed E-state index contributed by atoms with van der Waals surface area (Å²) in [6, 6.07) is 0. The standard InChI is InChI=1S/C20H30N4O3/c1-7-9-13(10-8-2)18(25)22-16-14(12(3)4)11-21-17-15(16)19(26)24(6)20(27)23(17)5/h11-13H,7-10H2,1-6H3,(H,21,22,25). The lowest BCUT2D eigenvalue weighted by Gasteiger charge is -2.20. The van der Waals surface area contributed by atoms with E-state index in [1.807, 2.05) is 13.8 Å². The fourth-order valence-corrected chi connectivity index (χ4v) is 3.44. The molecule has 0 aromatic carbocycles. The average molecular weight is 374 g/mol. The number of nitrogens with zero attached hydrogens (tertiary/aromatic N) is 3. The number of carbonyl (C=O) groups is 1. The lowest BCUT2D eigenvalue weighted by atomic mass is 9.96. The highest BCUT2D eigenvalue weighted by atomic mass is 16.2. The SMILES string of the molecule is CCCC(CCC)C(=O)Nc1c(C(C)C)cnc2c1c(=O)n(C)c(=O)n2C. The van der Waals surface area contributed by atoms with Crippen molar-refractivity contribution < 1.29 is 4.79 Å². The van der Waals surface area contributed by atoms with Gasteiger partial charge in [0.25, 0.3) is 5.56 Å². The van der Waals surface area contributed by atoms with Gasteiger partial charge in [-0.1, -0.05) is 40.5 Å². The molecule has 2 aromatic rings. The lowest BCUT2D eigenvalue weighted by molar-refractivity contribution is -0.120. The van der Waals surface area contributed by atoms with Gasteiger partial charge in [-0.25, -0.2) is 9.78 Å². The van der Waals surface area contributed by atoms with E-state index < -0.39 is 11.2 Å². The maximum atomic E-state index is 13.0. The van der Waals surface area contributed by atoms with Crippen molar-refractivity contribution in [1.82, 2.24) is 14.1 Å². The Morgan fingerprint density at radius 1 is 1.11 bits per heavy atom. The summed E-state index contributed by atoms with van der Waals surface area (Å²) in [5.74, 6) is -0.112. The molecule has 7 nitrogen and oxygen atoms in total. The number of fused-ring (bicyclic) bond motifs is 1. The third-order valence-electron chi connectivity index (χ3n) is 5.01. The second kappa shape index (κ2) is 8.50. The van der Waals surface area contributed by atoms with Gasteiger partial charge >= 0.3 is 5.69 Å². The van der Waals surface area contributed by atoms with E-state index in [2.05, 4.69) is 24.1 Å². The minimum absolute atomic E-state index is 0.0648. The Morgan fingerprint density at radius 2 is 1.70 bits per heavy atom. The van der Waals surface area contributed by atoms with Crippen LogP contribution in [-0.4, -0.2) is 20.0 Å². The summed E-state index contributed by atoms with van der Waals surface area (Å²) in [5.41, 5.74) is 0.669. The Morgan fingerprint density at radius 3 is 2.22 bits per heavy atom. The van der Waals surface area contributed by atoms with Gasteiger partial charge in [-0.3, -0.25) is 18.7 Å². The van der Waals surface area contributed by atoms with Crippen molar-refractivity contribution in [2.45, 2.75) is 59.3 Å². The van der Waals surface area contributed by atoms with Crippen molar-refractivity contribution in [3.63, 3.8) is 0 Å². The van der Waals surface area contributed by atoms with Crippen LogP contribution >= 0.6 is 0 Å². The van der Waals surface area contributed by atoms with E-state index in [0.29, 0.717) is 5.69 Å². The minimum atomic E-state index is -0.444. The zero-order valence-corrected chi connectivity index (χ0v) is 17.1. The molecule has 27 heavy (non-hydrogen) atoms. The van der Waals surface area contributed by atoms with Gasteiger partial charge < -0.3 is 5.32 Å². The van der Waals surface area contributed by atoms with Crippen LogP contribution in [0.4, 0.5) is 5.69 Å². The normalized spacial score (nSPS) is 11.6. The summed E-state index contributed by atoms with van der Waals surface area (Å²) >= 11 is 0. The van der Waals surface area contributed by atoms with Crippen LogP contribution in [0.3, 0.4) is 0 Å². The van der Waals surface area contributed by atoms with Crippen molar-refractivity contribution in [2.24, 2.45) is 20.0 Å². The quantitative estimate of drug-likeness (QED) is 0.807. The van der Waals surface area contributed by atoms with E-state index in [-0.39, 0.29) is 28.8 Å². The highest BCUT2D eigenvalue weighted by Crippen LogP contribution is 2.29. The van der Waals surface area contributed by atoms with E-state index in [0.717, 1.165) is 35.8 Å². The van der Waals surface area contributed by atoms with Gasteiger partial charge in [0, 0.05) is 26.2 Å². The first-order valence-electron chi connectivity index (χ1n) is 9.63. The summed E-state index contributed by atoms with van der Waals surface area (Å²) in [6.07, 6.45) is 5.09. The van der Waals surface area contributed by atoms with Crippen LogP contribution in [-0.2, 0) is 18.9 Å². The fourth-order valence-electron chi connectivity index (χ4n) is 3.44. The van der Waals surface area contributed by atoms with Crippen LogP contribution in [0, 0.1) is 5.92 Å². The van der Waals surface area contributed by atoms with E-state index in [1.165, 1.54) is 11.6 Å². The van der Waals surface area contributed by atoms with Crippen molar-refractivity contribution >= 4 is 22.6 Å². The predicted molar refractivity (Wildman–Crippen MR) is 108 cm³/mol. The maximum Gasteiger partial charge on any atom is 0.332 e. The molecule has 0 atom stereocenters. The zero-order valence-electron chi connectivity index (χ0n) is 17.1. The highest BCUT2D eigenvalue weighted by Gasteiger charge is 2.23. The molecule has 2 rings (SSSR count). The number of carbonyl (C=O) groups excluding carboxylic acids is 1. The molecule has 0 bridgehead atoms. The maximum absolute atomic E-state index is 13.0. The van der Waals surface area contributed by atoms with Gasteiger partial charge in [-0.15, -0.1) is 0 Å². The molecule has 0 aliphatic rings. The number of rotatable bonds is 7. The van der Waals surface area contributed by atoms with Gasteiger partial charge in [-0.2, -0.15) is 0 Å². The molecule has 0 radical (unpaired) electrons. The molecule has 1 N–H and O–H groups in total. The van der Waals surface area contributed by atoms with Crippen LogP contribution < -0.4 is 16.6 Å². The van der Waals surface area contributed by atoms with Crippen LogP contribution in [0.1, 0.15) is 64.9 Å². The summed E-state index contributed by atoms with van der Waals surface area (Å²) in [6.45, 7) is 8.09. The lowest BCUT2D eigenvalue weighted by Crippen LogP contribution is -2.38. The number of pyridine rings is 1. The molecule has 0 saturated carbocycles. The summed E-state index contributed by atoms with van der Waals surface area (Å²) < 4.78 is 2.39. The largest absolute Gasteiger partial charge is 0.332 e. The Balaban J connectivity index is 2.72. The Hall–Kier alpha value is -2.44. The molecule has 7 heteroatoms. The summed E-state index contributed by atoms with van der Waals surface area (Å²) in [7, 11) is 3.02. The summed E-state index contributed by atoms with van der Waals surface area (Å²) in [5, 5.41) is 3.29. The average Bonchev–Trinajstić information content (AvgIpc) is 2.63. The molecular formula is C20H30N4O3. The molecule has 0 aliphatic heterocycles. The number of nitrogens with one attached hydrogen (secondary N) is 1. The molecule has 0 spiro atoms.